The van der Waals surface area contributed by atoms with Crippen LogP contribution in [0.2, 0.25) is 0 Å². The third-order valence-electron chi connectivity index (χ3n) is 3.41. The van der Waals surface area contributed by atoms with E-state index < -0.39 is 5.79 Å². The molecule has 0 saturated carbocycles. The van der Waals surface area contributed by atoms with E-state index in [-0.39, 0.29) is 17.9 Å². The molecule has 1 unspecified atom stereocenters. The van der Waals surface area contributed by atoms with Crippen LogP contribution < -0.4 is 10.6 Å². The summed E-state index contributed by atoms with van der Waals surface area (Å²) in [5.74, 6) is -1.21. The first kappa shape index (κ1) is 16.0. The predicted octanol–water partition coefficient (Wildman–Crippen LogP) is 1.88. The molecule has 2 aliphatic heterocycles. The number of thioether (sulfide) groups is 1. The summed E-state index contributed by atoms with van der Waals surface area (Å²) in [5.41, 5.74) is 0.763. The standard InChI is InChI=1S/C16H18N2O4S/c1-16(2)21-9-10(22-16)8-17-14(19)7-13-15(20)18-11-5-3-4-6-12(11)23-13/h3-7,10H,8-9H2,1-2H3,(H,17,19)(H,18,20). The van der Waals surface area contributed by atoms with E-state index in [9.17, 15) is 9.59 Å². The smallest absolute Gasteiger partial charge is 0.262 e. The summed E-state index contributed by atoms with van der Waals surface area (Å²) < 4.78 is 11.0. The van der Waals surface area contributed by atoms with E-state index in [1.54, 1.807) is 0 Å². The second-order valence-corrected chi connectivity index (χ2v) is 6.84. The quantitative estimate of drug-likeness (QED) is 0.826. The fraction of sp³-hybridized carbons (Fsp3) is 0.375. The molecule has 1 saturated heterocycles. The molecule has 0 aromatic heterocycles. The molecule has 23 heavy (non-hydrogen) atoms. The molecule has 122 valence electrons. The van der Waals surface area contributed by atoms with Crippen LogP contribution in [0.1, 0.15) is 13.8 Å². The van der Waals surface area contributed by atoms with E-state index in [0.29, 0.717) is 18.1 Å². The van der Waals surface area contributed by atoms with Gasteiger partial charge in [-0.3, -0.25) is 9.59 Å². The number of amides is 2. The normalized spacial score (nSPS) is 24.2. The minimum atomic E-state index is -0.614. The highest BCUT2D eigenvalue weighted by molar-refractivity contribution is 8.04. The fourth-order valence-corrected chi connectivity index (χ4v) is 3.27. The average Bonchev–Trinajstić information content (AvgIpc) is 2.85. The molecule has 1 aromatic carbocycles. The van der Waals surface area contributed by atoms with Gasteiger partial charge in [0.05, 0.1) is 17.2 Å². The molecule has 1 fully saturated rings. The molecule has 0 spiro atoms. The number of hydrogen-bond donors (Lipinski definition) is 2. The number of carbonyl (C=O) groups excluding carboxylic acids is 2. The van der Waals surface area contributed by atoms with Crippen LogP contribution in [0.25, 0.3) is 0 Å². The molecule has 0 radical (unpaired) electrons. The fourth-order valence-electron chi connectivity index (χ4n) is 2.35. The zero-order chi connectivity index (χ0) is 16.4. The lowest BCUT2D eigenvalue weighted by Crippen LogP contribution is -2.34. The Kier molecular flexibility index (Phi) is 4.43. The number of fused-ring (bicyclic) bond motifs is 1. The highest BCUT2D eigenvalue weighted by Crippen LogP contribution is 2.37. The Balaban J connectivity index is 1.59. The number of benzene rings is 1. The number of rotatable bonds is 3. The minimum Gasteiger partial charge on any atom is -0.350 e. The molecule has 6 nitrogen and oxygen atoms in total. The molecule has 2 amide bonds. The van der Waals surface area contributed by atoms with E-state index >= 15 is 0 Å². The summed E-state index contributed by atoms with van der Waals surface area (Å²) in [5, 5.41) is 5.51. The van der Waals surface area contributed by atoms with Gasteiger partial charge in [-0.25, -0.2) is 0 Å². The first-order chi connectivity index (χ1) is 10.9. The topological polar surface area (TPSA) is 76.7 Å². The summed E-state index contributed by atoms with van der Waals surface area (Å²) >= 11 is 1.28. The van der Waals surface area contributed by atoms with Crippen LogP contribution in [-0.2, 0) is 19.1 Å². The van der Waals surface area contributed by atoms with Crippen molar-refractivity contribution in [3.05, 3.63) is 35.2 Å². The first-order valence-corrected chi connectivity index (χ1v) is 8.14. The minimum absolute atomic E-state index is 0.180. The van der Waals surface area contributed by atoms with Gasteiger partial charge >= 0.3 is 0 Å². The third-order valence-corrected chi connectivity index (χ3v) is 4.51. The van der Waals surface area contributed by atoms with Crippen molar-refractivity contribution in [3.63, 3.8) is 0 Å². The van der Waals surface area contributed by atoms with E-state index in [2.05, 4.69) is 10.6 Å². The van der Waals surface area contributed by atoms with Gasteiger partial charge in [-0.05, 0) is 26.0 Å². The lowest BCUT2D eigenvalue weighted by Gasteiger charge is -2.18. The Morgan fingerprint density at radius 3 is 3.00 bits per heavy atom. The molecule has 0 aliphatic carbocycles. The lowest BCUT2D eigenvalue weighted by molar-refractivity contribution is -0.139. The Morgan fingerprint density at radius 2 is 2.26 bits per heavy atom. The van der Waals surface area contributed by atoms with Crippen molar-refractivity contribution in [1.82, 2.24) is 5.32 Å². The average molecular weight is 334 g/mol. The number of carbonyl (C=O) groups is 2. The van der Waals surface area contributed by atoms with Crippen molar-refractivity contribution in [2.24, 2.45) is 0 Å². The number of anilines is 1. The Hall–Kier alpha value is -1.83. The Labute approximate surface area is 138 Å². The van der Waals surface area contributed by atoms with Crippen LogP contribution in [0.15, 0.2) is 40.1 Å². The van der Waals surface area contributed by atoms with Crippen molar-refractivity contribution in [3.8, 4) is 0 Å². The van der Waals surface area contributed by atoms with Gasteiger partial charge in [0, 0.05) is 17.5 Å². The molecule has 0 bridgehead atoms. The van der Waals surface area contributed by atoms with Gasteiger partial charge in [-0.1, -0.05) is 23.9 Å². The van der Waals surface area contributed by atoms with Crippen LogP contribution in [0.4, 0.5) is 5.69 Å². The monoisotopic (exact) mass is 334 g/mol. The highest BCUT2D eigenvalue weighted by atomic mass is 32.2. The van der Waals surface area contributed by atoms with Gasteiger partial charge in [0.1, 0.15) is 6.10 Å². The van der Waals surface area contributed by atoms with Crippen molar-refractivity contribution >= 4 is 29.3 Å². The maximum Gasteiger partial charge on any atom is 0.262 e. The van der Waals surface area contributed by atoms with Gasteiger partial charge in [-0.15, -0.1) is 0 Å². The third kappa shape index (κ3) is 3.93. The summed E-state index contributed by atoms with van der Waals surface area (Å²) in [7, 11) is 0. The Bertz CT molecular complexity index is 672. The summed E-state index contributed by atoms with van der Waals surface area (Å²) in [6.07, 6.45) is 1.14. The van der Waals surface area contributed by atoms with E-state index in [1.165, 1.54) is 17.8 Å². The molecule has 1 atom stereocenters. The number of nitrogens with one attached hydrogen (secondary N) is 2. The molecular weight excluding hydrogens is 316 g/mol. The van der Waals surface area contributed by atoms with Crippen molar-refractivity contribution in [1.29, 1.82) is 0 Å². The van der Waals surface area contributed by atoms with Crippen LogP contribution in [0.3, 0.4) is 0 Å². The zero-order valence-electron chi connectivity index (χ0n) is 12.9. The van der Waals surface area contributed by atoms with Crippen LogP contribution in [-0.4, -0.2) is 36.9 Å². The molecule has 1 aromatic rings. The van der Waals surface area contributed by atoms with Gasteiger partial charge in [0.2, 0.25) is 5.91 Å². The van der Waals surface area contributed by atoms with Gasteiger partial charge in [0.25, 0.3) is 5.91 Å². The van der Waals surface area contributed by atoms with E-state index in [1.807, 2.05) is 38.1 Å². The summed E-state index contributed by atoms with van der Waals surface area (Å²) in [6, 6.07) is 7.47. The first-order valence-electron chi connectivity index (χ1n) is 7.32. The van der Waals surface area contributed by atoms with Crippen molar-refractivity contribution in [2.75, 3.05) is 18.5 Å². The molecule has 3 rings (SSSR count). The SMILES string of the molecule is CC1(C)OCC(CNC(=O)C=C2Sc3ccccc3NC2=O)O1. The van der Waals surface area contributed by atoms with Crippen LogP contribution in [0.5, 0.6) is 0 Å². The molecule has 7 heteroatoms. The van der Waals surface area contributed by atoms with Gasteiger partial charge < -0.3 is 20.1 Å². The number of ether oxygens (including phenoxy) is 2. The number of para-hydroxylation sites is 1. The largest absolute Gasteiger partial charge is 0.350 e. The lowest BCUT2D eigenvalue weighted by atomic mass is 10.3. The second kappa shape index (κ2) is 6.35. The molecular formula is C16H18N2O4S. The van der Waals surface area contributed by atoms with Crippen molar-refractivity contribution < 1.29 is 19.1 Å². The molecule has 2 heterocycles. The second-order valence-electron chi connectivity index (χ2n) is 5.76. The maximum atomic E-state index is 12.0. The molecule has 2 N–H and O–H groups in total. The van der Waals surface area contributed by atoms with Crippen LogP contribution in [0, 0.1) is 0 Å². The predicted molar refractivity (Wildman–Crippen MR) is 86.9 cm³/mol. The molecule has 2 aliphatic rings. The Morgan fingerprint density at radius 1 is 1.48 bits per heavy atom. The zero-order valence-corrected chi connectivity index (χ0v) is 13.7. The maximum absolute atomic E-state index is 12.0. The summed E-state index contributed by atoms with van der Waals surface area (Å²) in [4.78, 5) is 25.3. The van der Waals surface area contributed by atoms with E-state index in [4.69, 9.17) is 9.47 Å². The van der Waals surface area contributed by atoms with Gasteiger partial charge in [0.15, 0.2) is 5.79 Å². The van der Waals surface area contributed by atoms with Gasteiger partial charge in [-0.2, -0.15) is 0 Å². The number of hydrogen-bond acceptors (Lipinski definition) is 5. The highest BCUT2D eigenvalue weighted by Gasteiger charge is 2.32. The van der Waals surface area contributed by atoms with Crippen molar-refractivity contribution in [2.45, 2.75) is 30.6 Å². The summed E-state index contributed by atoms with van der Waals surface area (Å²) in [6.45, 7) is 4.44. The van der Waals surface area contributed by atoms with E-state index in [0.717, 1.165) is 10.6 Å². The van der Waals surface area contributed by atoms with Crippen LogP contribution >= 0.6 is 11.8 Å².